The van der Waals surface area contributed by atoms with E-state index in [4.69, 9.17) is 14.2 Å². The van der Waals surface area contributed by atoms with E-state index in [1.807, 2.05) is 30.4 Å². The summed E-state index contributed by atoms with van der Waals surface area (Å²) in [7, 11) is 0. The number of hydrogen-bond acceptors (Lipinski definition) is 10. The first-order chi connectivity index (χ1) is 36.7. The van der Waals surface area contributed by atoms with Gasteiger partial charge in [-0.3, -0.25) is 9.59 Å². The monoisotopic (exact) mass is 1050 g/mol. The van der Waals surface area contributed by atoms with Crippen molar-refractivity contribution >= 4 is 11.9 Å². The fraction of sp³-hybridized carbons (Fsp3) is 0.719. The second-order valence-corrected chi connectivity index (χ2v) is 20.4. The third kappa shape index (κ3) is 39.6. The molecule has 0 aliphatic carbocycles. The molecular weight excluding hydrogens is 943 g/mol. The average molecular weight is 1050 g/mol. The summed E-state index contributed by atoms with van der Waals surface area (Å²) in [6, 6.07) is -1.04. The largest absolute Gasteiger partial charge is 0.454 e. The number of allylic oxidation sites excluding steroid dienone is 15. The lowest BCUT2D eigenvalue weighted by molar-refractivity contribution is -0.305. The lowest BCUT2D eigenvalue weighted by atomic mass is 9.99. The maximum absolute atomic E-state index is 13.4. The van der Waals surface area contributed by atoms with Crippen LogP contribution in [0.1, 0.15) is 233 Å². The number of aliphatic hydroxyl groups is 5. The number of esters is 1. The molecule has 1 rings (SSSR count). The minimum atomic E-state index is -1.63. The predicted octanol–water partition coefficient (Wildman–Crippen LogP) is 13.9. The molecule has 0 spiro atoms. The normalized spacial score (nSPS) is 19.9. The van der Waals surface area contributed by atoms with E-state index in [9.17, 15) is 35.1 Å². The van der Waals surface area contributed by atoms with Crippen molar-refractivity contribution in [2.75, 3.05) is 13.2 Å². The third-order valence-corrected chi connectivity index (χ3v) is 13.5. The van der Waals surface area contributed by atoms with Gasteiger partial charge in [-0.2, -0.15) is 0 Å². The summed E-state index contributed by atoms with van der Waals surface area (Å²) in [5.74, 6) is -1.24. The molecule has 0 aromatic carbocycles. The van der Waals surface area contributed by atoms with Crippen LogP contribution in [0.5, 0.6) is 0 Å². The van der Waals surface area contributed by atoms with Gasteiger partial charge >= 0.3 is 5.97 Å². The van der Waals surface area contributed by atoms with E-state index in [0.717, 1.165) is 109 Å². The van der Waals surface area contributed by atoms with Crippen LogP contribution < -0.4 is 5.32 Å². The molecule has 0 aromatic rings. The van der Waals surface area contributed by atoms with Crippen molar-refractivity contribution in [1.29, 1.82) is 0 Å². The number of hydrogen-bond donors (Lipinski definition) is 6. The van der Waals surface area contributed by atoms with Crippen LogP contribution >= 0.6 is 0 Å². The Balaban J connectivity index is 2.71. The van der Waals surface area contributed by atoms with Gasteiger partial charge in [0, 0.05) is 6.42 Å². The number of nitrogens with one attached hydrogen (secondary N) is 1. The Bertz CT molecular complexity index is 1580. The van der Waals surface area contributed by atoms with Crippen LogP contribution in [-0.4, -0.2) is 99.6 Å². The zero-order valence-corrected chi connectivity index (χ0v) is 47.4. The first-order valence-electron chi connectivity index (χ1n) is 30.0. The number of ether oxygens (including phenoxy) is 3. The number of carbonyl (C=O) groups is 2. The number of unbranched alkanes of at least 4 members (excludes halogenated alkanes) is 23. The fourth-order valence-electron chi connectivity index (χ4n) is 8.75. The summed E-state index contributed by atoms with van der Waals surface area (Å²) >= 11 is 0. The van der Waals surface area contributed by atoms with Crippen LogP contribution in [0.3, 0.4) is 0 Å². The molecule has 1 aliphatic heterocycles. The molecule has 0 radical (unpaired) electrons. The molecule has 11 heteroatoms. The number of aliphatic hydroxyl groups excluding tert-OH is 5. The predicted molar refractivity (Wildman–Crippen MR) is 310 cm³/mol. The van der Waals surface area contributed by atoms with Gasteiger partial charge in [0.1, 0.15) is 24.4 Å². The van der Waals surface area contributed by atoms with Crippen LogP contribution in [0.15, 0.2) is 97.2 Å². The Morgan fingerprint density at radius 3 is 1.57 bits per heavy atom. The van der Waals surface area contributed by atoms with Gasteiger partial charge < -0.3 is 45.1 Å². The molecule has 0 bridgehead atoms. The second-order valence-electron chi connectivity index (χ2n) is 20.4. The van der Waals surface area contributed by atoms with Crippen LogP contribution in [0, 0.1) is 0 Å². The highest BCUT2D eigenvalue weighted by Gasteiger charge is 2.47. The van der Waals surface area contributed by atoms with E-state index < -0.39 is 67.4 Å². The lowest BCUT2D eigenvalue weighted by Gasteiger charge is -2.41. The zero-order chi connectivity index (χ0) is 54.7. The molecular formula is C64H109NO10. The first-order valence-corrected chi connectivity index (χ1v) is 30.0. The summed E-state index contributed by atoms with van der Waals surface area (Å²) < 4.78 is 17.6. The topological polar surface area (TPSA) is 175 Å². The SMILES string of the molecule is CC/C=C/C=C/C=C\CCCCCCC(O)C(=O)NC(COC1OC(CO)C(O)C(O)C1OC(=O)CCCCCCC/C=C\C/C=C\C/C=C\C/C=C\CCCCC)C(O)/C=C/CCCCCCCCCCCCC. The van der Waals surface area contributed by atoms with Gasteiger partial charge in [0.2, 0.25) is 5.91 Å². The third-order valence-electron chi connectivity index (χ3n) is 13.5. The van der Waals surface area contributed by atoms with Crippen LogP contribution in [0.2, 0.25) is 0 Å². The van der Waals surface area contributed by atoms with Gasteiger partial charge in [0.25, 0.3) is 0 Å². The average Bonchev–Trinajstić information content (AvgIpc) is 3.41. The van der Waals surface area contributed by atoms with E-state index in [1.54, 1.807) is 6.08 Å². The summed E-state index contributed by atoms with van der Waals surface area (Å²) in [6.45, 7) is 5.59. The number of rotatable bonds is 49. The van der Waals surface area contributed by atoms with Crippen molar-refractivity contribution in [3.05, 3.63) is 97.2 Å². The Morgan fingerprint density at radius 1 is 0.547 bits per heavy atom. The highest BCUT2D eigenvalue weighted by Crippen LogP contribution is 2.26. The molecule has 8 unspecified atom stereocenters. The van der Waals surface area contributed by atoms with Gasteiger partial charge in [-0.25, -0.2) is 0 Å². The quantitative estimate of drug-likeness (QED) is 0.0149. The van der Waals surface area contributed by atoms with Crippen LogP contribution in [-0.2, 0) is 23.8 Å². The molecule has 75 heavy (non-hydrogen) atoms. The molecule has 11 nitrogen and oxygen atoms in total. The van der Waals surface area contributed by atoms with Crippen LogP contribution in [0.25, 0.3) is 0 Å². The van der Waals surface area contributed by atoms with Gasteiger partial charge in [-0.05, 0) is 89.9 Å². The highest BCUT2D eigenvalue weighted by atomic mass is 16.7. The maximum atomic E-state index is 13.4. The summed E-state index contributed by atoms with van der Waals surface area (Å²) in [5, 5.41) is 56.8. The molecule has 0 aromatic heterocycles. The Kier molecular flexibility index (Phi) is 47.6. The molecule has 1 fully saturated rings. The van der Waals surface area contributed by atoms with Gasteiger partial charge in [-0.15, -0.1) is 0 Å². The smallest absolute Gasteiger partial charge is 0.306 e. The van der Waals surface area contributed by atoms with Crippen molar-refractivity contribution in [2.24, 2.45) is 0 Å². The molecule has 0 saturated carbocycles. The lowest BCUT2D eigenvalue weighted by Crippen LogP contribution is -2.61. The Morgan fingerprint density at radius 2 is 1.01 bits per heavy atom. The number of carbonyl (C=O) groups excluding carboxylic acids is 2. The van der Waals surface area contributed by atoms with E-state index >= 15 is 0 Å². The highest BCUT2D eigenvalue weighted by molar-refractivity contribution is 5.80. The molecule has 1 heterocycles. The molecule has 430 valence electrons. The second kappa shape index (κ2) is 51.3. The zero-order valence-electron chi connectivity index (χ0n) is 47.4. The van der Waals surface area contributed by atoms with Crippen molar-refractivity contribution in [2.45, 2.75) is 282 Å². The summed E-state index contributed by atoms with van der Waals surface area (Å²) in [4.78, 5) is 26.5. The van der Waals surface area contributed by atoms with Crippen LogP contribution in [0.4, 0.5) is 0 Å². The standard InChI is InChI=1S/C64H109NO10/c1-4-7-10-13-16-19-22-25-26-27-28-29-30-31-32-34-37-40-43-46-49-52-59(69)75-62-61(71)60(70)58(53-66)74-64(62)73-54-55(56(67)50-47-44-41-38-36-33-23-20-17-14-11-8-5-2)65-63(72)57(68)51-48-45-42-39-35-24-21-18-15-12-9-6-3/h9,12,15-16,18-19,21,24-26,28-29,31-32,47,50,55-58,60-62,64,66-68,70-71H,4-8,10-11,13-14,17,20,22-23,27,30,33-46,48-49,51-54H2,1-3H3,(H,65,72)/b12-9+,18-15+,19-16-,24-21-,26-25-,29-28-,32-31-,50-47+. The van der Waals surface area contributed by atoms with Gasteiger partial charge in [0.15, 0.2) is 12.4 Å². The van der Waals surface area contributed by atoms with Gasteiger partial charge in [0.05, 0.1) is 25.4 Å². The van der Waals surface area contributed by atoms with Crippen molar-refractivity contribution in [1.82, 2.24) is 5.32 Å². The molecule has 1 amide bonds. The van der Waals surface area contributed by atoms with Crippen molar-refractivity contribution in [3.8, 4) is 0 Å². The minimum absolute atomic E-state index is 0.0949. The van der Waals surface area contributed by atoms with E-state index in [0.29, 0.717) is 12.8 Å². The van der Waals surface area contributed by atoms with E-state index in [-0.39, 0.29) is 19.4 Å². The Labute approximate surface area is 456 Å². The molecule has 8 atom stereocenters. The van der Waals surface area contributed by atoms with Gasteiger partial charge in [-0.1, -0.05) is 234 Å². The summed E-state index contributed by atoms with van der Waals surface area (Å²) in [5.41, 5.74) is 0. The minimum Gasteiger partial charge on any atom is -0.454 e. The summed E-state index contributed by atoms with van der Waals surface area (Å²) in [6.07, 6.45) is 57.3. The van der Waals surface area contributed by atoms with Crippen molar-refractivity contribution in [3.63, 3.8) is 0 Å². The molecule has 1 aliphatic rings. The van der Waals surface area contributed by atoms with E-state index in [1.165, 1.54) is 77.0 Å². The first kappa shape index (κ1) is 69.6. The Hall–Kier alpha value is -3.42. The number of amides is 1. The maximum Gasteiger partial charge on any atom is 0.306 e. The fourth-order valence-corrected chi connectivity index (χ4v) is 8.75. The van der Waals surface area contributed by atoms with E-state index in [2.05, 4.69) is 86.8 Å². The molecule has 6 N–H and O–H groups in total. The molecule has 1 saturated heterocycles. The van der Waals surface area contributed by atoms with Crippen molar-refractivity contribution < 1.29 is 49.3 Å².